The first-order chi connectivity index (χ1) is 10.8. The SMILES string of the molecule is Oc1ccccc1C1=NC2=NCNN2C(c2ccccc2)=C1. The number of benzene rings is 2. The standard InChI is InChI=1S/C17H14N4O/c22-16-9-5-4-8-13(16)14-10-15(12-6-2-1-3-7-12)21-17(20-14)18-11-19-21/h1-10,19,22H,11H2. The fourth-order valence-electron chi connectivity index (χ4n) is 2.58. The molecule has 2 heterocycles. The van der Waals surface area contributed by atoms with Gasteiger partial charge in [0.1, 0.15) is 12.4 Å². The Kier molecular flexibility index (Phi) is 2.98. The van der Waals surface area contributed by atoms with Gasteiger partial charge in [0, 0.05) is 5.56 Å². The first kappa shape index (κ1) is 12.8. The number of aliphatic imine (C=N–C) groups is 2. The second kappa shape index (κ2) is 5.13. The van der Waals surface area contributed by atoms with Gasteiger partial charge >= 0.3 is 0 Å². The highest BCUT2D eigenvalue weighted by atomic mass is 16.3. The monoisotopic (exact) mass is 290 g/mol. The Hall–Kier alpha value is -2.92. The number of nitrogens with one attached hydrogen (secondary N) is 1. The van der Waals surface area contributed by atoms with E-state index in [1.54, 1.807) is 12.1 Å². The number of hydrogen-bond acceptors (Lipinski definition) is 5. The fourth-order valence-corrected chi connectivity index (χ4v) is 2.58. The van der Waals surface area contributed by atoms with Crippen molar-refractivity contribution in [3.05, 3.63) is 71.8 Å². The van der Waals surface area contributed by atoms with Gasteiger partial charge in [-0.15, -0.1) is 0 Å². The van der Waals surface area contributed by atoms with Crippen LogP contribution in [0.3, 0.4) is 0 Å². The summed E-state index contributed by atoms with van der Waals surface area (Å²) >= 11 is 0. The molecule has 0 bridgehead atoms. The molecule has 0 spiro atoms. The lowest BCUT2D eigenvalue weighted by Gasteiger charge is -2.25. The molecule has 22 heavy (non-hydrogen) atoms. The van der Waals surface area contributed by atoms with Crippen LogP contribution in [0.25, 0.3) is 5.70 Å². The molecule has 2 aliphatic rings. The average molecular weight is 290 g/mol. The third kappa shape index (κ3) is 2.08. The molecule has 0 amide bonds. The molecule has 5 heteroatoms. The van der Waals surface area contributed by atoms with Gasteiger partial charge in [0.15, 0.2) is 0 Å². The topological polar surface area (TPSA) is 60.2 Å². The Morgan fingerprint density at radius 1 is 1.00 bits per heavy atom. The summed E-state index contributed by atoms with van der Waals surface area (Å²) in [5.74, 6) is 0.824. The van der Waals surface area contributed by atoms with Crippen molar-refractivity contribution in [3.63, 3.8) is 0 Å². The van der Waals surface area contributed by atoms with Crippen LogP contribution in [0.5, 0.6) is 5.75 Å². The van der Waals surface area contributed by atoms with E-state index < -0.39 is 0 Å². The number of rotatable bonds is 2. The van der Waals surface area contributed by atoms with Gasteiger partial charge < -0.3 is 5.11 Å². The van der Waals surface area contributed by atoms with Crippen molar-refractivity contribution in [1.82, 2.24) is 10.4 Å². The second-order valence-electron chi connectivity index (χ2n) is 5.02. The van der Waals surface area contributed by atoms with E-state index in [1.807, 2.05) is 53.5 Å². The quantitative estimate of drug-likeness (QED) is 0.892. The lowest BCUT2D eigenvalue weighted by molar-refractivity contribution is 0.467. The van der Waals surface area contributed by atoms with Gasteiger partial charge in [0.2, 0.25) is 5.96 Å². The third-order valence-electron chi connectivity index (χ3n) is 3.63. The summed E-state index contributed by atoms with van der Waals surface area (Å²) in [5, 5.41) is 12.0. The minimum atomic E-state index is 0.213. The summed E-state index contributed by atoms with van der Waals surface area (Å²) in [6.07, 6.45) is 1.96. The molecule has 0 fully saturated rings. The number of aromatic hydroxyl groups is 1. The summed E-state index contributed by atoms with van der Waals surface area (Å²) in [5.41, 5.74) is 6.61. The van der Waals surface area contributed by atoms with Gasteiger partial charge in [-0.05, 0) is 23.8 Å². The number of hydrogen-bond donors (Lipinski definition) is 2. The number of fused-ring (bicyclic) bond motifs is 1. The molecular weight excluding hydrogens is 276 g/mol. The molecule has 2 aromatic rings. The van der Waals surface area contributed by atoms with Crippen molar-refractivity contribution in [1.29, 1.82) is 0 Å². The van der Waals surface area contributed by atoms with Crippen LogP contribution in [-0.2, 0) is 0 Å². The van der Waals surface area contributed by atoms with Crippen LogP contribution < -0.4 is 5.43 Å². The Bertz CT molecular complexity index is 808. The normalized spacial score (nSPS) is 16.7. The smallest absolute Gasteiger partial charge is 0.242 e. The third-order valence-corrected chi connectivity index (χ3v) is 3.63. The van der Waals surface area contributed by atoms with Crippen LogP contribution >= 0.6 is 0 Å². The number of phenolic OH excluding ortho intramolecular Hbond substituents is 1. The van der Waals surface area contributed by atoms with Gasteiger partial charge in [-0.2, -0.15) is 0 Å². The zero-order valence-electron chi connectivity index (χ0n) is 11.8. The second-order valence-corrected chi connectivity index (χ2v) is 5.02. The number of para-hydroxylation sites is 1. The summed E-state index contributed by atoms with van der Waals surface area (Å²) in [7, 11) is 0. The largest absolute Gasteiger partial charge is 0.507 e. The molecular formula is C17H14N4O. The molecule has 0 saturated carbocycles. The fraction of sp³-hybridized carbons (Fsp3) is 0.0588. The number of phenols is 1. The van der Waals surface area contributed by atoms with Crippen molar-refractivity contribution < 1.29 is 5.11 Å². The minimum absolute atomic E-state index is 0.213. The molecule has 2 aliphatic heterocycles. The van der Waals surface area contributed by atoms with E-state index in [9.17, 15) is 5.11 Å². The van der Waals surface area contributed by atoms with Gasteiger partial charge in [-0.25, -0.2) is 20.4 Å². The first-order valence-electron chi connectivity index (χ1n) is 7.05. The molecule has 0 aromatic heterocycles. The van der Waals surface area contributed by atoms with E-state index in [1.165, 1.54) is 0 Å². The van der Waals surface area contributed by atoms with Crippen LogP contribution in [0.4, 0.5) is 0 Å². The highest BCUT2D eigenvalue weighted by Crippen LogP contribution is 2.27. The van der Waals surface area contributed by atoms with E-state index in [4.69, 9.17) is 0 Å². The highest BCUT2D eigenvalue weighted by Gasteiger charge is 2.26. The lowest BCUT2D eigenvalue weighted by Crippen LogP contribution is -2.37. The Morgan fingerprint density at radius 2 is 1.77 bits per heavy atom. The number of hydrazine groups is 1. The zero-order chi connectivity index (χ0) is 14.9. The molecule has 0 aliphatic carbocycles. The maximum absolute atomic E-state index is 10.1. The highest BCUT2D eigenvalue weighted by molar-refractivity contribution is 6.21. The first-order valence-corrected chi connectivity index (χ1v) is 7.05. The molecule has 0 atom stereocenters. The van der Waals surface area contributed by atoms with E-state index >= 15 is 0 Å². The maximum atomic E-state index is 10.1. The summed E-state index contributed by atoms with van der Waals surface area (Å²) in [6, 6.07) is 17.2. The Balaban J connectivity index is 1.86. The maximum Gasteiger partial charge on any atom is 0.242 e. The molecule has 5 nitrogen and oxygen atoms in total. The predicted octanol–water partition coefficient (Wildman–Crippen LogP) is 2.37. The average Bonchev–Trinajstić information content (AvgIpc) is 3.03. The van der Waals surface area contributed by atoms with E-state index in [2.05, 4.69) is 15.4 Å². The molecule has 0 unspecified atom stereocenters. The van der Waals surface area contributed by atoms with Crippen molar-refractivity contribution >= 4 is 17.4 Å². The molecule has 2 N–H and O–H groups in total. The number of nitrogens with zero attached hydrogens (tertiary/aromatic N) is 3. The van der Waals surface area contributed by atoms with E-state index in [0.29, 0.717) is 23.9 Å². The Labute approximate surface area is 127 Å². The number of guanidine groups is 1. The van der Waals surface area contributed by atoms with Crippen LogP contribution in [0, 0.1) is 0 Å². The minimum Gasteiger partial charge on any atom is -0.507 e. The van der Waals surface area contributed by atoms with Crippen molar-refractivity contribution in [2.75, 3.05) is 6.67 Å². The van der Waals surface area contributed by atoms with E-state index in [0.717, 1.165) is 11.3 Å². The van der Waals surface area contributed by atoms with Gasteiger partial charge in [0.25, 0.3) is 0 Å². The lowest BCUT2D eigenvalue weighted by atomic mass is 10.0. The van der Waals surface area contributed by atoms with Crippen LogP contribution in [0.1, 0.15) is 11.1 Å². The zero-order valence-corrected chi connectivity index (χ0v) is 11.8. The molecule has 2 aromatic carbocycles. The van der Waals surface area contributed by atoms with Crippen molar-refractivity contribution in [2.45, 2.75) is 0 Å². The summed E-state index contributed by atoms with van der Waals surface area (Å²) in [6.45, 7) is 0.497. The van der Waals surface area contributed by atoms with Crippen LogP contribution in [0.15, 0.2) is 70.7 Å². The van der Waals surface area contributed by atoms with Crippen molar-refractivity contribution in [3.8, 4) is 5.75 Å². The van der Waals surface area contributed by atoms with Gasteiger partial charge in [-0.1, -0.05) is 42.5 Å². The predicted molar refractivity (Wildman–Crippen MR) is 86.3 cm³/mol. The molecule has 108 valence electrons. The van der Waals surface area contributed by atoms with Crippen LogP contribution in [0.2, 0.25) is 0 Å². The summed E-state index contributed by atoms with van der Waals surface area (Å²) < 4.78 is 0. The van der Waals surface area contributed by atoms with E-state index in [-0.39, 0.29) is 5.75 Å². The molecule has 0 saturated heterocycles. The Morgan fingerprint density at radius 3 is 2.59 bits per heavy atom. The van der Waals surface area contributed by atoms with Gasteiger partial charge in [0.05, 0.1) is 11.4 Å². The summed E-state index contributed by atoms with van der Waals surface area (Å²) in [4.78, 5) is 8.90. The van der Waals surface area contributed by atoms with Crippen molar-refractivity contribution in [2.24, 2.45) is 9.98 Å². The van der Waals surface area contributed by atoms with Gasteiger partial charge in [-0.3, -0.25) is 0 Å². The molecule has 4 rings (SSSR count). The van der Waals surface area contributed by atoms with Crippen LogP contribution in [-0.4, -0.2) is 28.5 Å². The molecule has 0 radical (unpaired) electrons. The number of allylic oxidation sites excluding steroid dienone is 1.